The van der Waals surface area contributed by atoms with Gasteiger partial charge in [0.25, 0.3) is 0 Å². The van der Waals surface area contributed by atoms with E-state index in [0.29, 0.717) is 6.42 Å². The molecule has 128 valence electrons. The predicted octanol–water partition coefficient (Wildman–Crippen LogP) is 5.03. The van der Waals surface area contributed by atoms with Gasteiger partial charge in [0.05, 0.1) is 6.10 Å². The van der Waals surface area contributed by atoms with Crippen LogP contribution in [-0.2, 0) is 0 Å². The van der Waals surface area contributed by atoms with Crippen molar-refractivity contribution in [1.82, 2.24) is 9.97 Å². The maximum atomic E-state index is 10.2. The molecule has 1 atom stereocenters. The number of nitrogens with one attached hydrogen (secondary N) is 2. The molecule has 3 nitrogen and oxygen atoms in total. The van der Waals surface area contributed by atoms with Gasteiger partial charge in [0.1, 0.15) is 0 Å². The van der Waals surface area contributed by atoms with Crippen molar-refractivity contribution in [3.63, 3.8) is 0 Å². The van der Waals surface area contributed by atoms with Crippen LogP contribution in [-0.4, -0.2) is 21.2 Å². The maximum Gasteiger partial charge on any atom is 0.0761 e. The van der Waals surface area contributed by atoms with Crippen LogP contribution < -0.4 is 0 Å². The van der Waals surface area contributed by atoms with Crippen LogP contribution in [0.15, 0.2) is 84.7 Å². The fourth-order valence-corrected chi connectivity index (χ4v) is 4.07. The lowest BCUT2D eigenvalue weighted by atomic mass is 9.82. The van der Waals surface area contributed by atoms with E-state index in [1.54, 1.807) is 0 Å². The molecule has 0 aliphatic heterocycles. The lowest BCUT2D eigenvalue weighted by molar-refractivity contribution is 0.224. The molecule has 3 N–H and O–H groups in total. The fourth-order valence-electron chi connectivity index (χ4n) is 4.07. The second-order valence-electron chi connectivity index (χ2n) is 6.88. The van der Waals surface area contributed by atoms with E-state index in [-0.39, 0.29) is 5.92 Å². The molecule has 2 aromatic carbocycles. The van der Waals surface area contributed by atoms with Crippen molar-refractivity contribution in [2.24, 2.45) is 0 Å². The van der Waals surface area contributed by atoms with Crippen LogP contribution >= 0.6 is 0 Å². The predicted molar refractivity (Wildman–Crippen MR) is 106 cm³/mol. The summed E-state index contributed by atoms with van der Waals surface area (Å²) < 4.78 is 0. The van der Waals surface area contributed by atoms with Gasteiger partial charge in [-0.05, 0) is 35.3 Å². The number of benzene rings is 2. The van der Waals surface area contributed by atoms with Gasteiger partial charge < -0.3 is 15.1 Å². The molecular formula is C23H20N2O. The Morgan fingerprint density at radius 3 is 2.00 bits per heavy atom. The summed E-state index contributed by atoms with van der Waals surface area (Å²) in [6.07, 6.45) is 10.7. The summed E-state index contributed by atoms with van der Waals surface area (Å²) in [7, 11) is 0. The first-order valence-corrected chi connectivity index (χ1v) is 8.99. The number of hydrogen-bond donors (Lipinski definition) is 3. The van der Waals surface area contributed by atoms with Crippen LogP contribution in [0.4, 0.5) is 0 Å². The van der Waals surface area contributed by atoms with Crippen molar-refractivity contribution >= 4 is 21.8 Å². The van der Waals surface area contributed by atoms with Crippen molar-refractivity contribution in [3.8, 4) is 0 Å². The Balaban J connectivity index is 1.77. The second kappa shape index (κ2) is 6.04. The quantitative estimate of drug-likeness (QED) is 0.481. The highest BCUT2D eigenvalue weighted by Gasteiger charge is 2.25. The third-order valence-electron chi connectivity index (χ3n) is 5.27. The number of rotatable bonds is 3. The first-order valence-electron chi connectivity index (χ1n) is 8.99. The van der Waals surface area contributed by atoms with Crippen LogP contribution in [0.25, 0.3) is 21.8 Å². The van der Waals surface area contributed by atoms with Gasteiger partial charge in [-0.15, -0.1) is 0 Å². The van der Waals surface area contributed by atoms with E-state index in [4.69, 9.17) is 0 Å². The van der Waals surface area contributed by atoms with Gasteiger partial charge in [-0.2, -0.15) is 0 Å². The topological polar surface area (TPSA) is 51.8 Å². The molecule has 0 radical (unpaired) electrons. The Kier molecular flexibility index (Phi) is 3.54. The molecule has 3 heteroatoms. The van der Waals surface area contributed by atoms with E-state index < -0.39 is 6.10 Å². The Hall–Kier alpha value is -3.04. The van der Waals surface area contributed by atoms with Crippen molar-refractivity contribution in [1.29, 1.82) is 0 Å². The van der Waals surface area contributed by atoms with E-state index in [0.717, 1.165) is 16.6 Å². The summed E-state index contributed by atoms with van der Waals surface area (Å²) in [6.45, 7) is 0. The molecule has 0 fully saturated rings. The Morgan fingerprint density at radius 1 is 0.846 bits per heavy atom. The standard InChI is InChI=1S/C23H20N2O/c26-16-7-5-6-15(12-16)23(19-13-24-21-10-3-1-8-17(19)21)20-14-25-22-11-4-2-9-18(20)22/h1-6,8-14,16,23-26H,7H2. The summed E-state index contributed by atoms with van der Waals surface area (Å²) >= 11 is 0. The van der Waals surface area contributed by atoms with Crippen LogP contribution in [0.3, 0.4) is 0 Å². The minimum Gasteiger partial charge on any atom is -0.389 e. The number of fused-ring (bicyclic) bond motifs is 2. The van der Waals surface area contributed by atoms with Gasteiger partial charge in [-0.3, -0.25) is 0 Å². The van der Waals surface area contributed by atoms with Crippen molar-refractivity contribution < 1.29 is 5.11 Å². The van der Waals surface area contributed by atoms with Gasteiger partial charge in [0, 0.05) is 40.1 Å². The first kappa shape index (κ1) is 15.2. The smallest absolute Gasteiger partial charge is 0.0761 e. The highest BCUT2D eigenvalue weighted by atomic mass is 16.3. The molecule has 0 saturated carbocycles. The summed E-state index contributed by atoms with van der Waals surface area (Å²) in [4.78, 5) is 6.81. The number of allylic oxidation sites excluding steroid dienone is 2. The van der Waals surface area contributed by atoms with Crippen LogP contribution in [0.2, 0.25) is 0 Å². The van der Waals surface area contributed by atoms with Crippen LogP contribution in [0.1, 0.15) is 23.5 Å². The molecule has 1 aliphatic carbocycles. The largest absolute Gasteiger partial charge is 0.389 e. The van der Waals surface area contributed by atoms with Crippen LogP contribution in [0, 0.1) is 0 Å². The van der Waals surface area contributed by atoms with Gasteiger partial charge in [0.15, 0.2) is 0 Å². The van der Waals surface area contributed by atoms with Crippen molar-refractivity contribution in [2.75, 3.05) is 0 Å². The number of aromatic nitrogens is 2. The number of aliphatic hydroxyl groups is 1. The molecule has 0 amide bonds. The third kappa shape index (κ3) is 2.40. The molecule has 1 unspecified atom stereocenters. The summed E-state index contributed by atoms with van der Waals surface area (Å²) in [5.41, 5.74) is 5.87. The van der Waals surface area contributed by atoms with Crippen LogP contribution in [0.5, 0.6) is 0 Å². The maximum absolute atomic E-state index is 10.2. The third-order valence-corrected chi connectivity index (χ3v) is 5.27. The molecule has 5 rings (SSSR count). The first-order chi connectivity index (χ1) is 12.8. The molecule has 26 heavy (non-hydrogen) atoms. The van der Waals surface area contributed by atoms with Gasteiger partial charge in [-0.1, -0.05) is 54.6 Å². The molecule has 0 saturated heterocycles. The Labute approximate surface area is 151 Å². The summed E-state index contributed by atoms with van der Waals surface area (Å²) in [6, 6.07) is 16.8. The number of H-pyrrole nitrogens is 2. The Morgan fingerprint density at radius 2 is 1.42 bits per heavy atom. The summed E-state index contributed by atoms with van der Waals surface area (Å²) in [5.74, 6) is 0.0634. The highest BCUT2D eigenvalue weighted by molar-refractivity contribution is 5.89. The molecule has 0 bridgehead atoms. The second-order valence-corrected chi connectivity index (χ2v) is 6.88. The fraction of sp³-hybridized carbons (Fsp3) is 0.130. The van der Waals surface area contributed by atoms with Crippen molar-refractivity contribution in [2.45, 2.75) is 18.4 Å². The summed E-state index contributed by atoms with van der Waals surface area (Å²) in [5, 5.41) is 12.6. The molecule has 2 aromatic heterocycles. The zero-order chi connectivity index (χ0) is 17.5. The monoisotopic (exact) mass is 340 g/mol. The normalized spacial score (nSPS) is 17.3. The average molecular weight is 340 g/mol. The minimum atomic E-state index is -0.423. The van der Waals surface area contributed by atoms with E-state index in [1.165, 1.54) is 21.9 Å². The number of para-hydroxylation sites is 2. The van der Waals surface area contributed by atoms with E-state index in [2.05, 4.69) is 70.9 Å². The van der Waals surface area contributed by atoms with E-state index >= 15 is 0 Å². The molecular weight excluding hydrogens is 320 g/mol. The van der Waals surface area contributed by atoms with Crippen molar-refractivity contribution in [3.05, 3.63) is 95.9 Å². The number of aromatic amines is 2. The molecule has 4 aromatic rings. The van der Waals surface area contributed by atoms with Gasteiger partial charge in [0.2, 0.25) is 0 Å². The number of hydrogen-bond acceptors (Lipinski definition) is 1. The number of aliphatic hydroxyl groups excluding tert-OH is 1. The van der Waals surface area contributed by atoms with E-state index in [9.17, 15) is 5.11 Å². The lowest BCUT2D eigenvalue weighted by Gasteiger charge is -2.22. The Bertz CT molecular complexity index is 1070. The molecule has 2 heterocycles. The van der Waals surface area contributed by atoms with Gasteiger partial charge in [-0.25, -0.2) is 0 Å². The average Bonchev–Trinajstić information content (AvgIpc) is 3.28. The molecule has 0 spiro atoms. The molecule has 1 aliphatic rings. The van der Waals surface area contributed by atoms with Gasteiger partial charge >= 0.3 is 0 Å². The SMILES string of the molecule is OC1C=C(C(c2c[nH]c3ccccc23)c2c[nH]c3ccccc23)C=CC1. The zero-order valence-corrected chi connectivity index (χ0v) is 14.3. The highest BCUT2D eigenvalue weighted by Crippen LogP contribution is 2.40. The minimum absolute atomic E-state index is 0.0634. The van der Waals surface area contributed by atoms with E-state index in [1.807, 2.05) is 18.2 Å². The lowest BCUT2D eigenvalue weighted by Crippen LogP contribution is -2.11. The zero-order valence-electron chi connectivity index (χ0n) is 14.3.